The summed E-state index contributed by atoms with van der Waals surface area (Å²) in [6.07, 6.45) is 52.6. The standard InChI is InChI=1S/C40H81/c1-4-7-10-13-15-17-19-20-21-22-23-24-25-26-27-29-31-33-36-39-40(37-34-12-9-6-3)38-35-32-30-28-18-16-14-11-8-5-2/h40H,3-39H2,1-2H3. The van der Waals surface area contributed by atoms with Gasteiger partial charge in [-0.1, -0.05) is 252 Å². The zero-order chi connectivity index (χ0) is 29.0. The Hall–Kier alpha value is 0. The molecule has 40 heavy (non-hydrogen) atoms. The second kappa shape index (κ2) is 37.0. The molecule has 0 spiro atoms. The Morgan fingerprint density at radius 3 is 0.700 bits per heavy atom. The molecule has 1 radical (unpaired) electrons. The van der Waals surface area contributed by atoms with Crippen molar-refractivity contribution in [2.24, 2.45) is 5.92 Å². The van der Waals surface area contributed by atoms with Gasteiger partial charge >= 0.3 is 0 Å². The van der Waals surface area contributed by atoms with Crippen LogP contribution in [-0.4, -0.2) is 0 Å². The molecular weight excluding hydrogens is 480 g/mol. The van der Waals surface area contributed by atoms with Crippen molar-refractivity contribution in [1.29, 1.82) is 0 Å². The van der Waals surface area contributed by atoms with Crippen molar-refractivity contribution in [3.8, 4) is 0 Å². The van der Waals surface area contributed by atoms with E-state index in [9.17, 15) is 0 Å². The Balaban J connectivity index is 3.55. The molecule has 0 saturated carbocycles. The normalized spacial score (nSPS) is 12.4. The quantitative estimate of drug-likeness (QED) is 0.0667. The molecule has 0 aromatic heterocycles. The highest BCUT2D eigenvalue weighted by molar-refractivity contribution is 4.62. The van der Waals surface area contributed by atoms with E-state index in [1.54, 1.807) is 0 Å². The van der Waals surface area contributed by atoms with Crippen molar-refractivity contribution in [1.82, 2.24) is 0 Å². The van der Waals surface area contributed by atoms with E-state index >= 15 is 0 Å². The molecule has 0 aromatic rings. The molecule has 0 saturated heterocycles. The van der Waals surface area contributed by atoms with Crippen LogP contribution >= 0.6 is 0 Å². The Labute approximate surface area is 257 Å². The summed E-state index contributed by atoms with van der Waals surface area (Å²) in [5.41, 5.74) is 0. The van der Waals surface area contributed by atoms with Crippen molar-refractivity contribution in [2.75, 3.05) is 0 Å². The third-order valence-corrected chi connectivity index (χ3v) is 9.54. The average molecular weight is 562 g/mol. The third kappa shape index (κ3) is 34.2. The van der Waals surface area contributed by atoms with Gasteiger partial charge in [0.1, 0.15) is 0 Å². The zero-order valence-corrected chi connectivity index (χ0v) is 28.7. The maximum atomic E-state index is 4.04. The van der Waals surface area contributed by atoms with Crippen molar-refractivity contribution < 1.29 is 0 Å². The minimum Gasteiger partial charge on any atom is -0.0654 e. The van der Waals surface area contributed by atoms with Crippen LogP contribution in [0.25, 0.3) is 0 Å². The van der Waals surface area contributed by atoms with E-state index in [1.807, 2.05) is 0 Å². The van der Waals surface area contributed by atoms with E-state index in [1.165, 1.54) is 225 Å². The van der Waals surface area contributed by atoms with Crippen molar-refractivity contribution >= 4 is 0 Å². The molecule has 0 bridgehead atoms. The maximum absolute atomic E-state index is 4.04. The fourth-order valence-corrected chi connectivity index (χ4v) is 6.65. The van der Waals surface area contributed by atoms with E-state index in [-0.39, 0.29) is 0 Å². The van der Waals surface area contributed by atoms with E-state index < -0.39 is 0 Å². The largest absolute Gasteiger partial charge is 0.0654 e. The average Bonchev–Trinajstić information content (AvgIpc) is 2.97. The minimum atomic E-state index is 1.02. The van der Waals surface area contributed by atoms with Gasteiger partial charge in [0.15, 0.2) is 0 Å². The van der Waals surface area contributed by atoms with Crippen LogP contribution in [0.2, 0.25) is 0 Å². The molecule has 241 valence electrons. The Kier molecular flexibility index (Phi) is 37.0. The molecule has 0 heterocycles. The molecule has 0 nitrogen and oxygen atoms in total. The highest BCUT2D eigenvalue weighted by Gasteiger charge is 2.08. The Morgan fingerprint density at radius 1 is 0.275 bits per heavy atom. The molecule has 0 aliphatic heterocycles. The first-order chi connectivity index (χ1) is 19.8. The van der Waals surface area contributed by atoms with Crippen LogP contribution in [0.1, 0.15) is 245 Å². The van der Waals surface area contributed by atoms with Gasteiger partial charge in [-0.05, 0) is 5.92 Å². The summed E-state index contributed by atoms with van der Waals surface area (Å²) < 4.78 is 0. The number of hydrogen-bond donors (Lipinski definition) is 0. The summed E-state index contributed by atoms with van der Waals surface area (Å²) in [6, 6.07) is 0. The highest BCUT2D eigenvalue weighted by Crippen LogP contribution is 2.25. The van der Waals surface area contributed by atoms with Crippen LogP contribution in [0.5, 0.6) is 0 Å². The summed E-state index contributed by atoms with van der Waals surface area (Å²) in [7, 11) is 0. The molecule has 0 N–H and O–H groups in total. The molecule has 0 aliphatic carbocycles. The molecule has 0 rings (SSSR count). The van der Waals surface area contributed by atoms with Crippen LogP contribution < -0.4 is 0 Å². The molecular formula is C40H81. The van der Waals surface area contributed by atoms with E-state index in [0.717, 1.165) is 12.3 Å². The van der Waals surface area contributed by atoms with Gasteiger partial charge in [-0.3, -0.25) is 0 Å². The lowest BCUT2D eigenvalue weighted by molar-refractivity contribution is 0.366. The van der Waals surface area contributed by atoms with Gasteiger partial charge in [-0.25, -0.2) is 0 Å². The summed E-state index contributed by atoms with van der Waals surface area (Å²) >= 11 is 0. The Bertz CT molecular complexity index is 412. The first-order valence-electron chi connectivity index (χ1n) is 19.6. The second-order valence-electron chi connectivity index (χ2n) is 13.7. The maximum Gasteiger partial charge on any atom is -0.0414 e. The first-order valence-corrected chi connectivity index (χ1v) is 19.6. The monoisotopic (exact) mass is 562 g/mol. The SMILES string of the molecule is [CH2]CCCCCC(CCCCCCCCCCCC)CCCCCCCCCCCCCCCCCCCCC. The summed E-state index contributed by atoms with van der Waals surface area (Å²) in [6.45, 7) is 8.67. The molecule has 0 heteroatoms. The summed E-state index contributed by atoms with van der Waals surface area (Å²) in [4.78, 5) is 0. The van der Waals surface area contributed by atoms with E-state index in [4.69, 9.17) is 0 Å². The lowest BCUT2D eigenvalue weighted by Gasteiger charge is -2.17. The molecule has 0 amide bonds. The Morgan fingerprint density at radius 2 is 0.475 bits per heavy atom. The van der Waals surface area contributed by atoms with Crippen molar-refractivity contribution in [2.45, 2.75) is 245 Å². The van der Waals surface area contributed by atoms with Crippen LogP contribution in [0, 0.1) is 12.8 Å². The van der Waals surface area contributed by atoms with Gasteiger partial charge in [0, 0.05) is 0 Å². The minimum absolute atomic E-state index is 1.02. The molecule has 1 atom stereocenters. The molecule has 1 unspecified atom stereocenters. The van der Waals surface area contributed by atoms with Gasteiger partial charge in [-0.15, -0.1) is 0 Å². The van der Waals surface area contributed by atoms with Gasteiger partial charge in [0.05, 0.1) is 0 Å². The predicted molar refractivity (Wildman–Crippen MR) is 186 cm³/mol. The first kappa shape index (κ1) is 40.0. The fraction of sp³-hybridized carbons (Fsp3) is 0.975. The van der Waals surface area contributed by atoms with Gasteiger partial charge < -0.3 is 0 Å². The van der Waals surface area contributed by atoms with Crippen molar-refractivity contribution in [3.05, 3.63) is 6.92 Å². The smallest absolute Gasteiger partial charge is 0.0414 e. The van der Waals surface area contributed by atoms with Crippen LogP contribution in [0.15, 0.2) is 0 Å². The molecule has 0 fully saturated rings. The lowest BCUT2D eigenvalue weighted by Crippen LogP contribution is -2.01. The van der Waals surface area contributed by atoms with Gasteiger partial charge in [-0.2, -0.15) is 0 Å². The van der Waals surface area contributed by atoms with Crippen LogP contribution in [0.4, 0.5) is 0 Å². The van der Waals surface area contributed by atoms with Crippen LogP contribution in [0.3, 0.4) is 0 Å². The van der Waals surface area contributed by atoms with E-state index in [0.29, 0.717) is 0 Å². The topological polar surface area (TPSA) is 0 Å². The number of unbranched alkanes of at least 4 members (excludes halogenated alkanes) is 30. The third-order valence-electron chi connectivity index (χ3n) is 9.54. The lowest BCUT2D eigenvalue weighted by atomic mass is 9.89. The summed E-state index contributed by atoms with van der Waals surface area (Å²) in [5, 5.41) is 0. The van der Waals surface area contributed by atoms with Crippen molar-refractivity contribution in [3.63, 3.8) is 0 Å². The molecule has 0 aromatic carbocycles. The van der Waals surface area contributed by atoms with E-state index in [2.05, 4.69) is 20.8 Å². The second-order valence-corrected chi connectivity index (χ2v) is 13.7. The predicted octanol–water partition coefficient (Wildman–Crippen LogP) is 15.5. The summed E-state index contributed by atoms with van der Waals surface area (Å²) in [5.74, 6) is 1.02. The number of hydrogen-bond acceptors (Lipinski definition) is 0. The fourth-order valence-electron chi connectivity index (χ4n) is 6.65. The zero-order valence-electron chi connectivity index (χ0n) is 28.7. The van der Waals surface area contributed by atoms with Crippen LogP contribution in [-0.2, 0) is 0 Å². The van der Waals surface area contributed by atoms with Gasteiger partial charge in [0.25, 0.3) is 0 Å². The number of rotatable bonds is 36. The highest BCUT2D eigenvalue weighted by atomic mass is 14.1. The molecule has 0 aliphatic rings. The van der Waals surface area contributed by atoms with Gasteiger partial charge in [0.2, 0.25) is 0 Å².